The molecule has 0 heterocycles. The summed E-state index contributed by atoms with van der Waals surface area (Å²) < 4.78 is 0. The summed E-state index contributed by atoms with van der Waals surface area (Å²) in [5.74, 6) is 0. The Morgan fingerprint density at radius 2 is 0.870 bits per heavy atom. The van der Waals surface area contributed by atoms with Gasteiger partial charge < -0.3 is 10.2 Å². The van der Waals surface area contributed by atoms with Gasteiger partial charge in [-0.2, -0.15) is 0 Å². The topological polar surface area (TPSA) is 40.5 Å². The third-order valence-corrected chi connectivity index (χ3v) is 4.59. The van der Waals surface area contributed by atoms with Gasteiger partial charge in [0, 0.05) is 6.42 Å². The highest BCUT2D eigenvalue weighted by Gasteiger charge is 2.21. The van der Waals surface area contributed by atoms with Crippen molar-refractivity contribution in [2.45, 2.75) is 60.2 Å². The molecule has 0 aliphatic heterocycles. The molecular weight excluding hydrogens is 284 g/mol. The third-order valence-electron chi connectivity index (χ3n) is 4.59. The zero-order valence-electron chi connectivity index (χ0n) is 15.1. The largest absolute Gasteiger partial charge is 0.388 e. The van der Waals surface area contributed by atoms with E-state index in [-0.39, 0.29) is 0 Å². The molecule has 2 rings (SSSR count). The summed E-state index contributed by atoms with van der Waals surface area (Å²) in [4.78, 5) is 0. The molecule has 0 aliphatic carbocycles. The SMILES string of the molecule is Cc1cc(C)c(C(O)CC(O)c2c(C)cc(C)cc2C)c(C)c1. The van der Waals surface area contributed by atoms with E-state index in [1.165, 1.54) is 11.1 Å². The van der Waals surface area contributed by atoms with Crippen LogP contribution in [0, 0.1) is 41.5 Å². The lowest BCUT2D eigenvalue weighted by atomic mass is 9.88. The second-order valence-electron chi connectivity index (χ2n) is 6.89. The molecule has 0 radical (unpaired) electrons. The molecule has 0 amide bonds. The molecule has 0 saturated heterocycles. The standard InChI is InChI=1S/C21H28O2/c1-12-7-14(3)20(15(4)8-12)18(22)11-19(23)21-16(5)9-13(2)10-17(21)6/h7-10,18-19,22-23H,11H2,1-6H3. The van der Waals surface area contributed by atoms with Crippen LogP contribution in [-0.4, -0.2) is 10.2 Å². The molecule has 2 heteroatoms. The van der Waals surface area contributed by atoms with Crippen LogP contribution in [0.3, 0.4) is 0 Å². The first kappa shape index (κ1) is 17.7. The summed E-state index contributed by atoms with van der Waals surface area (Å²) in [7, 11) is 0. The van der Waals surface area contributed by atoms with Crippen molar-refractivity contribution in [3.63, 3.8) is 0 Å². The van der Waals surface area contributed by atoms with Gasteiger partial charge in [-0.05, 0) is 74.9 Å². The third kappa shape index (κ3) is 3.82. The second-order valence-corrected chi connectivity index (χ2v) is 6.89. The Morgan fingerprint density at radius 1 is 0.609 bits per heavy atom. The van der Waals surface area contributed by atoms with E-state index in [1.54, 1.807) is 0 Å². The van der Waals surface area contributed by atoms with Crippen molar-refractivity contribution in [1.82, 2.24) is 0 Å². The predicted octanol–water partition coefficient (Wildman–Crippen LogP) is 4.69. The molecular formula is C21H28O2. The zero-order chi connectivity index (χ0) is 17.3. The fourth-order valence-electron chi connectivity index (χ4n) is 3.88. The van der Waals surface area contributed by atoms with Crippen LogP contribution in [0.5, 0.6) is 0 Å². The van der Waals surface area contributed by atoms with Crippen LogP contribution >= 0.6 is 0 Å². The van der Waals surface area contributed by atoms with Crippen molar-refractivity contribution in [3.05, 3.63) is 68.8 Å². The predicted molar refractivity (Wildman–Crippen MR) is 95.8 cm³/mol. The Kier molecular flexibility index (Phi) is 5.28. The van der Waals surface area contributed by atoms with Crippen molar-refractivity contribution in [3.8, 4) is 0 Å². The van der Waals surface area contributed by atoms with Crippen molar-refractivity contribution >= 4 is 0 Å². The minimum atomic E-state index is -0.661. The van der Waals surface area contributed by atoms with E-state index in [0.29, 0.717) is 6.42 Å². The monoisotopic (exact) mass is 312 g/mol. The molecule has 0 aromatic heterocycles. The van der Waals surface area contributed by atoms with Crippen LogP contribution < -0.4 is 0 Å². The van der Waals surface area contributed by atoms with Crippen molar-refractivity contribution in [2.24, 2.45) is 0 Å². The molecule has 0 fully saturated rings. The summed E-state index contributed by atoms with van der Waals surface area (Å²) >= 11 is 0. The zero-order valence-corrected chi connectivity index (χ0v) is 15.1. The average molecular weight is 312 g/mol. The summed E-state index contributed by atoms with van der Waals surface area (Å²) in [5, 5.41) is 21.4. The maximum Gasteiger partial charge on any atom is 0.0823 e. The number of rotatable bonds is 4. The fraction of sp³-hybridized carbons (Fsp3) is 0.429. The molecule has 23 heavy (non-hydrogen) atoms. The Bertz CT molecular complexity index is 608. The Morgan fingerprint density at radius 3 is 1.13 bits per heavy atom. The normalized spacial score (nSPS) is 13.9. The van der Waals surface area contributed by atoms with Crippen LogP contribution in [0.15, 0.2) is 24.3 Å². The van der Waals surface area contributed by atoms with E-state index >= 15 is 0 Å². The Labute approximate surface area is 139 Å². The lowest BCUT2D eigenvalue weighted by Gasteiger charge is -2.23. The summed E-state index contributed by atoms with van der Waals surface area (Å²) in [5.41, 5.74) is 8.61. The fourth-order valence-corrected chi connectivity index (χ4v) is 3.88. The first-order chi connectivity index (χ1) is 10.7. The van der Waals surface area contributed by atoms with E-state index in [4.69, 9.17) is 0 Å². The molecule has 0 aliphatic rings. The molecule has 2 nitrogen and oxygen atoms in total. The van der Waals surface area contributed by atoms with Crippen LogP contribution in [0.25, 0.3) is 0 Å². The van der Waals surface area contributed by atoms with Gasteiger partial charge in [0.2, 0.25) is 0 Å². The quantitative estimate of drug-likeness (QED) is 0.859. The van der Waals surface area contributed by atoms with E-state index in [1.807, 2.05) is 27.7 Å². The minimum Gasteiger partial charge on any atom is -0.388 e. The number of hydrogen-bond acceptors (Lipinski definition) is 2. The van der Waals surface area contributed by atoms with Crippen LogP contribution in [0.2, 0.25) is 0 Å². The molecule has 2 N–H and O–H groups in total. The molecule has 2 aromatic carbocycles. The van der Waals surface area contributed by atoms with Gasteiger partial charge in [-0.15, -0.1) is 0 Å². The van der Waals surface area contributed by atoms with Crippen molar-refractivity contribution in [2.75, 3.05) is 0 Å². The van der Waals surface area contributed by atoms with Gasteiger partial charge in [0.25, 0.3) is 0 Å². The summed E-state index contributed by atoms with van der Waals surface area (Å²) in [6, 6.07) is 8.33. The van der Waals surface area contributed by atoms with Gasteiger partial charge in [0.15, 0.2) is 0 Å². The van der Waals surface area contributed by atoms with Gasteiger partial charge >= 0.3 is 0 Å². The first-order valence-electron chi connectivity index (χ1n) is 8.22. The molecule has 2 atom stereocenters. The molecule has 124 valence electrons. The molecule has 0 spiro atoms. The summed E-state index contributed by atoms with van der Waals surface area (Å²) in [6.45, 7) is 12.2. The van der Waals surface area contributed by atoms with Gasteiger partial charge in [-0.1, -0.05) is 35.4 Å². The van der Waals surface area contributed by atoms with Crippen LogP contribution in [-0.2, 0) is 0 Å². The molecule has 2 aromatic rings. The number of aliphatic hydroxyl groups excluding tert-OH is 2. The van der Waals surface area contributed by atoms with E-state index in [2.05, 4.69) is 38.1 Å². The lowest BCUT2D eigenvalue weighted by Crippen LogP contribution is -2.11. The van der Waals surface area contributed by atoms with E-state index < -0.39 is 12.2 Å². The molecule has 2 unspecified atom stereocenters. The van der Waals surface area contributed by atoms with Crippen LogP contribution in [0.4, 0.5) is 0 Å². The lowest BCUT2D eigenvalue weighted by molar-refractivity contribution is 0.0791. The average Bonchev–Trinajstić information content (AvgIpc) is 2.35. The Hall–Kier alpha value is -1.64. The van der Waals surface area contributed by atoms with Gasteiger partial charge in [-0.3, -0.25) is 0 Å². The van der Waals surface area contributed by atoms with Crippen molar-refractivity contribution in [1.29, 1.82) is 0 Å². The van der Waals surface area contributed by atoms with Crippen molar-refractivity contribution < 1.29 is 10.2 Å². The highest BCUT2D eigenvalue weighted by molar-refractivity contribution is 5.41. The van der Waals surface area contributed by atoms with Crippen LogP contribution in [0.1, 0.15) is 63.1 Å². The maximum atomic E-state index is 10.7. The van der Waals surface area contributed by atoms with Gasteiger partial charge in [0.05, 0.1) is 12.2 Å². The van der Waals surface area contributed by atoms with E-state index in [9.17, 15) is 10.2 Å². The highest BCUT2D eigenvalue weighted by Crippen LogP contribution is 2.33. The van der Waals surface area contributed by atoms with E-state index in [0.717, 1.165) is 33.4 Å². The van der Waals surface area contributed by atoms with Gasteiger partial charge in [0.1, 0.15) is 0 Å². The number of hydrogen-bond donors (Lipinski definition) is 2. The molecule has 0 saturated carbocycles. The highest BCUT2D eigenvalue weighted by atomic mass is 16.3. The van der Waals surface area contributed by atoms with Gasteiger partial charge in [-0.25, -0.2) is 0 Å². The minimum absolute atomic E-state index is 0.315. The molecule has 0 bridgehead atoms. The summed E-state index contributed by atoms with van der Waals surface area (Å²) in [6.07, 6.45) is -1.01. The number of benzene rings is 2. The number of aryl methyl sites for hydroxylation is 6. The smallest absolute Gasteiger partial charge is 0.0823 e. The first-order valence-corrected chi connectivity index (χ1v) is 8.22. The second kappa shape index (κ2) is 6.86. The number of aliphatic hydroxyl groups is 2. The maximum absolute atomic E-state index is 10.7. The Balaban J connectivity index is 2.29.